The minimum absolute atomic E-state index is 0.0242. The van der Waals surface area contributed by atoms with Crippen LogP contribution in [0.25, 0.3) is 0 Å². The van der Waals surface area contributed by atoms with Crippen molar-refractivity contribution in [2.75, 3.05) is 5.32 Å². The molecule has 1 amide bonds. The molecule has 1 heterocycles. The van der Waals surface area contributed by atoms with Crippen LogP contribution in [0, 0.1) is 11.6 Å². The first-order valence-corrected chi connectivity index (χ1v) is 4.71. The molecule has 0 unspecified atom stereocenters. The van der Waals surface area contributed by atoms with Gasteiger partial charge in [-0.05, 0) is 24.3 Å². The molecule has 0 bridgehead atoms. The topological polar surface area (TPSA) is 54.9 Å². The molecule has 6 heteroatoms. The van der Waals surface area contributed by atoms with Gasteiger partial charge in [0.1, 0.15) is 0 Å². The Bertz CT molecular complexity index is 546. The van der Waals surface area contributed by atoms with Crippen molar-refractivity contribution in [3.63, 3.8) is 0 Å². The zero-order valence-electron chi connectivity index (χ0n) is 8.52. The predicted molar refractivity (Wildman–Crippen MR) is 56.3 cm³/mol. The van der Waals surface area contributed by atoms with Gasteiger partial charge in [-0.3, -0.25) is 4.79 Å². The number of carbonyl (C=O) groups is 1. The number of halogens is 2. The lowest BCUT2D eigenvalue weighted by Crippen LogP contribution is -2.15. The number of nitrogens with zero attached hydrogens (tertiary/aromatic N) is 2. The standard InChI is InChI=1S/C11H7F2N3O/c12-7-3-1-4-8(10(7)13)15-11(17)9-5-2-6-14-16-9/h1-6H,(H,15,17). The van der Waals surface area contributed by atoms with Gasteiger partial charge in [0.25, 0.3) is 5.91 Å². The van der Waals surface area contributed by atoms with Gasteiger partial charge in [0.2, 0.25) is 0 Å². The number of benzene rings is 1. The third-order valence-electron chi connectivity index (χ3n) is 2.00. The van der Waals surface area contributed by atoms with E-state index in [1.165, 1.54) is 30.5 Å². The first-order valence-electron chi connectivity index (χ1n) is 4.71. The van der Waals surface area contributed by atoms with Crippen LogP contribution in [0.2, 0.25) is 0 Å². The Morgan fingerprint density at radius 2 is 2.00 bits per heavy atom. The van der Waals surface area contributed by atoms with Crippen LogP contribution in [0.1, 0.15) is 10.5 Å². The molecular formula is C11H7F2N3O. The average molecular weight is 235 g/mol. The molecule has 1 N–H and O–H groups in total. The number of amides is 1. The molecule has 0 atom stereocenters. The van der Waals surface area contributed by atoms with Crippen molar-refractivity contribution < 1.29 is 13.6 Å². The maximum absolute atomic E-state index is 13.3. The van der Waals surface area contributed by atoms with Crippen LogP contribution in [0.15, 0.2) is 36.5 Å². The van der Waals surface area contributed by atoms with Crippen molar-refractivity contribution in [1.82, 2.24) is 10.2 Å². The van der Waals surface area contributed by atoms with Crippen molar-refractivity contribution in [1.29, 1.82) is 0 Å². The lowest BCUT2D eigenvalue weighted by molar-refractivity contribution is 0.102. The Hall–Kier alpha value is -2.37. The first-order chi connectivity index (χ1) is 8.18. The van der Waals surface area contributed by atoms with E-state index in [9.17, 15) is 13.6 Å². The fourth-order valence-electron chi connectivity index (χ4n) is 1.21. The monoisotopic (exact) mass is 235 g/mol. The summed E-state index contributed by atoms with van der Waals surface area (Å²) in [5.74, 6) is -2.78. The van der Waals surface area contributed by atoms with Gasteiger partial charge in [0, 0.05) is 6.20 Å². The molecule has 0 saturated carbocycles. The van der Waals surface area contributed by atoms with E-state index in [2.05, 4.69) is 15.5 Å². The van der Waals surface area contributed by atoms with E-state index in [4.69, 9.17) is 0 Å². The van der Waals surface area contributed by atoms with Crippen LogP contribution in [0.3, 0.4) is 0 Å². The smallest absolute Gasteiger partial charge is 0.276 e. The SMILES string of the molecule is O=C(Nc1cccc(F)c1F)c1cccnn1. The van der Waals surface area contributed by atoms with Crippen molar-refractivity contribution in [3.05, 3.63) is 53.9 Å². The molecule has 86 valence electrons. The van der Waals surface area contributed by atoms with Crippen LogP contribution in [-0.2, 0) is 0 Å². The Labute approximate surface area is 95.3 Å². The summed E-state index contributed by atoms with van der Waals surface area (Å²) in [7, 11) is 0. The van der Waals surface area contributed by atoms with Crippen LogP contribution in [-0.4, -0.2) is 16.1 Å². The molecule has 0 aliphatic heterocycles. The van der Waals surface area contributed by atoms with Gasteiger partial charge in [-0.2, -0.15) is 5.10 Å². The van der Waals surface area contributed by atoms with Gasteiger partial charge in [0.05, 0.1) is 5.69 Å². The number of hydrogen-bond acceptors (Lipinski definition) is 3. The van der Waals surface area contributed by atoms with E-state index in [0.717, 1.165) is 6.07 Å². The van der Waals surface area contributed by atoms with E-state index in [-0.39, 0.29) is 11.4 Å². The Morgan fingerprint density at radius 3 is 2.71 bits per heavy atom. The molecule has 17 heavy (non-hydrogen) atoms. The quantitative estimate of drug-likeness (QED) is 0.866. The maximum atomic E-state index is 13.3. The summed E-state index contributed by atoms with van der Waals surface area (Å²) in [6.07, 6.45) is 1.40. The molecule has 2 rings (SSSR count). The van der Waals surface area contributed by atoms with E-state index >= 15 is 0 Å². The first kappa shape index (κ1) is 11.1. The molecule has 4 nitrogen and oxygen atoms in total. The number of hydrogen-bond donors (Lipinski definition) is 1. The molecule has 0 radical (unpaired) electrons. The highest BCUT2D eigenvalue weighted by atomic mass is 19.2. The molecular weight excluding hydrogens is 228 g/mol. The fourth-order valence-corrected chi connectivity index (χ4v) is 1.21. The molecule has 1 aromatic heterocycles. The van der Waals surface area contributed by atoms with Crippen molar-refractivity contribution in [3.8, 4) is 0 Å². The molecule has 0 spiro atoms. The summed E-state index contributed by atoms with van der Waals surface area (Å²) in [4.78, 5) is 11.6. The van der Waals surface area contributed by atoms with Crippen molar-refractivity contribution >= 4 is 11.6 Å². The molecule has 2 aromatic rings. The van der Waals surface area contributed by atoms with Gasteiger partial charge in [-0.15, -0.1) is 5.10 Å². The highest BCUT2D eigenvalue weighted by Crippen LogP contribution is 2.16. The molecule has 0 saturated heterocycles. The average Bonchev–Trinajstić information content (AvgIpc) is 2.36. The highest BCUT2D eigenvalue weighted by Gasteiger charge is 2.12. The lowest BCUT2D eigenvalue weighted by atomic mass is 10.2. The van der Waals surface area contributed by atoms with Gasteiger partial charge >= 0.3 is 0 Å². The Balaban J connectivity index is 2.22. The summed E-state index contributed by atoms with van der Waals surface area (Å²) in [5, 5.41) is 9.27. The van der Waals surface area contributed by atoms with Gasteiger partial charge < -0.3 is 5.32 Å². The van der Waals surface area contributed by atoms with Crippen LogP contribution < -0.4 is 5.32 Å². The van der Waals surface area contributed by atoms with Gasteiger partial charge in [0.15, 0.2) is 17.3 Å². The molecule has 0 aliphatic rings. The predicted octanol–water partition coefficient (Wildman–Crippen LogP) is 2.01. The molecule has 1 aromatic carbocycles. The molecule has 0 fully saturated rings. The van der Waals surface area contributed by atoms with Crippen LogP contribution in [0.4, 0.5) is 14.5 Å². The number of nitrogens with one attached hydrogen (secondary N) is 1. The van der Waals surface area contributed by atoms with Crippen molar-refractivity contribution in [2.45, 2.75) is 0 Å². The van der Waals surface area contributed by atoms with Gasteiger partial charge in [-0.25, -0.2) is 8.78 Å². The summed E-state index contributed by atoms with van der Waals surface area (Å²) in [6, 6.07) is 6.45. The summed E-state index contributed by atoms with van der Waals surface area (Å²) < 4.78 is 26.1. The largest absolute Gasteiger partial charge is 0.318 e. The normalized spacial score (nSPS) is 10.0. The van der Waals surface area contributed by atoms with E-state index in [1.807, 2.05) is 0 Å². The number of anilines is 1. The second-order valence-corrected chi connectivity index (χ2v) is 3.16. The number of rotatable bonds is 2. The van der Waals surface area contributed by atoms with Crippen molar-refractivity contribution in [2.24, 2.45) is 0 Å². The summed E-state index contributed by atoms with van der Waals surface area (Å²) in [5.41, 5.74) is -0.211. The minimum atomic E-state index is -1.11. The third-order valence-corrected chi connectivity index (χ3v) is 2.00. The summed E-state index contributed by atoms with van der Waals surface area (Å²) in [6.45, 7) is 0. The van der Waals surface area contributed by atoms with Gasteiger partial charge in [-0.1, -0.05) is 6.07 Å². The molecule has 0 aliphatic carbocycles. The zero-order chi connectivity index (χ0) is 12.3. The zero-order valence-corrected chi connectivity index (χ0v) is 8.52. The van der Waals surface area contributed by atoms with Crippen LogP contribution >= 0.6 is 0 Å². The second-order valence-electron chi connectivity index (χ2n) is 3.16. The fraction of sp³-hybridized carbons (Fsp3) is 0. The number of carbonyl (C=O) groups excluding carboxylic acids is 1. The maximum Gasteiger partial charge on any atom is 0.276 e. The second kappa shape index (κ2) is 4.65. The number of aromatic nitrogens is 2. The van der Waals surface area contributed by atoms with E-state index < -0.39 is 17.5 Å². The minimum Gasteiger partial charge on any atom is -0.318 e. The Morgan fingerprint density at radius 1 is 1.18 bits per heavy atom. The van der Waals surface area contributed by atoms with Crippen LogP contribution in [0.5, 0.6) is 0 Å². The third kappa shape index (κ3) is 2.41. The lowest BCUT2D eigenvalue weighted by Gasteiger charge is -2.05. The highest BCUT2D eigenvalue weighted by molar-refractivity contribution is 6.02. The van der Waals surface area contributed by atoms with E-state index in [0.29, 0.717) is 0 Å². The Kier molecular flexibility index (Phi) is 3.04. The van der Waals surface area contributed by atoms with E-state index in [1.54, 1.807) is 0 Å². The summed E-state index contributed by atoms with van der Waals surface area (Å²) >= 11 is 0.